The molecule has 0 saturated carbocycles. The van der Waals surface area contributed by atoms with Crippen LogP contribution < -0.4 is 4.74 Å². The molecule has 0 bridgehead atoms. The van der Waals surface area contributed by atoms with E-state index in [2.05, 4.69) is 23.2 Å². The number of methoxy groups -OCH3 is 1. The van der Waals surface area contributed by atoms with Crippen molar-refractivity contribution < 1.29 is 14.3 Å². The highest BCUT2D eigenvalue weighted by atomic mass is 16.5. The molecule has 0 amide bonds. The van der Waals surface area contributed by atoms with Crippen LogP contribution in [0.25, 0.3) is 43.8 Å². The zero-order chi connectivity index (χ0) is 20.7. The number of nitrogens with zero attached hydrogens (tertiary/aromatic N) is 1. The molecule has 0 aliphatic rings. The maximum Gasteiger partial charge on any atom is 0.356 e. The standard InChI is InChI=1S/C25H20N2O3/c1-3-30-25(28)22-14-20-19-13-16(29-2)11-12-21(19)26-24(20)23(27-22)18-10-6-8-15-7-4-5-9-17(15)18/h4-14,26H,3H2,1-2H3. The van der Waals surface area contributed by atoms with Gasteiger partial charge < -0.3 is 14.5 Å². The van der Waals surface area contributed by atoms with Crippen LogP contribution in [0.5, 0.6) is 5.75 Å². The first-order chi connectivity index (χ1) is 14.7. The summed E-state index contributed by atoms with van der Waals surface area (Å²) in [6.07, 6.45) is 0. The second-order valence-electron chi connectivity index (χ2n) is 7.06. The topological polar surface area (TPSA) is 64.2 Å². The summed E-state index contributed by atoms with van der Waals surface area (Å²) >= 11 is 0. The van der Waals surface area contributed by atoms with E-state index in [9.17, 15) is 4.79 Å². The number of aromatic amines is 1. The summed E-state index contributed by atoms with van der Waals surface area (Å²) in [7, 11) is 1.64. The Bertz CT molecular complexity index is 1410. The molecule has 1 N–H and O–H groups in total. The van der Waals surface area contributed by atoms with Crippen LogP contribution in [0, 0.1) is 0 Å². The first-order valence-electron chi connectivity index (χ1n) is 9.85. The summed E-state index contributed by atoms with van der Waals surface area (Å²) in [6.45, 7) is 2.09. The molecule has 5 rings (SSSR count). The summed E-state index contributed by atoms with van der Waals surface area (Å²) in [6, 6.07) is 21.9. The molecule has 0 aliphatic heterocycles. The van der Waals surface area contributed by atoms with Crippen LogP contribution in [-0.2, 0) is 4.74 Å². The van der Waals surface area contributed by atoms with Gasteiger partial charge in [0.2, 0.25) is 0 Å². The van der Waals surface area contributed by atoms with Gasteiger partial charge in [0, 0.05) is 21.9 Å². The minimum absolute atomic E-state index is 0.288. The van der Waals surface area contributed by atoms with Crippen LogP contribution in [-0.4, -0.2) is 29.7 Å². The Morgan fingerprint density at radius 2 is 1.80 bits per heavy atom. The fourth-order valence-corrected chi connectivity index (χ4v) is 3.94. The number of esters is 1. The largest absolute Gasteiger partial charge is 0.497 e. The van der Waals surface area contributed by atoms with Gasteiger partial charge in [-0.25, -0.2) is 9.78 Å². The van der Waals surface area contributed by atoms with Gasteiger partial charge in [0.25, 0.3) is 0 Å². The molecular weight excluding hydrogens is 376 g/mol. The SMILES string of the molecule is CCOC(=O)c1cc2c([nH]c3ccc(OC)cc32)c(-c2cccc3ccccc23)n1. The molecule has 0 fully saturated rings. The van der Waals surface area contributed by atoms with E-state index < -0.39 is 5.97 Å². The highest BCUT2D eigenvalue weighted by Gasteiger charge is 2.19. The summed E-state index contributed by atoms with van der Waals surface area (Å²) < 4.78 is 10.7. The zero-order valence-electron chi connectivity index (χ0n) is 16.7. The lowest BCUT2D eigenvalue weighted by Crippen LogP contribution is -2.08. The van der Waals surface area contributed by atoms with Gasteiger partial charge in [-0.2, -0.15) is 0 Å². The minimum atomic E-state index is -0.432. The third-order valence-electron chi connectivity index (χ3n) is 5.33. The first kappa shape index (κ1) is 18.2. The number of hydrogen-bond acceptors (Lipinski definition) is 4. The molecule has 0 saturated heterocycles. The zero-order valence-corrected chi connectivity index (χ0v) is 16.7. The predicted molar refractivity (Wildman–Crippen MR) is 119 cm³/mol. The predicted octanol–water partition coefficient (Wildman–Crippen LogP) is 5.72. The second kappa shape index (κ2) is 7.19. The van der Waals surface area contributed by atoms with Gasteiger partial charge >= 0.3 is 5.97 Å². The van der Waals surface area contributed by atoms with Crippen LogP contribution in [0.15, 0.2) is 66.7 Å². The van der Waals surface area contributed by atoms with E-state index in [1.54, 1.807) is 20.1 Å². The molecule has 30 heavy (non-hydrogen) atoms. The van der Waals surface area contributed by atoms with Gasteiger partial charge in [0.05, 0.1) is 24.9 Å². The number of pyridine rings is 1. The lowest BCUT2D eigenvalue weighted by molar-refractivity contribution is 0.0520. The number of carbonyl (C=O) groups is 1. The molecule has 2 heterocycles. The average Bonchev–Trinajstić information content (AvgIpc) is 3.16. The third kappa shape index (κ3) is 2.87. The maximum atomic E-state index is 12.6. The molecule has 0 unspecified atom stereocenters. The van der Waals surface area contributed by atoms with E-state index in [0.29, 0.717) is 6.61 Å². The number of ether oxygens (including phenoxy) is 2. The van der Waals surface area contributed by atoms with Gasteiger partial charge in [-0.05, 0) is 42.0 Å². The Morgan fingerprint density at radius 1 is 0.967 bits per heavy atom. The van der Waals surface area contributed by atoms with E-state index in [1.165, 1.54) is 0 Å². The van der Waals surface area contributed by atoms with Crippen LogP contribution in [0.3, 0.4) is 0 Å². The number of carbonyl (C=O) groups excluding carboxylic acids is 1. The molecular formula is C25H20N2O3. The van der Waals surface area contributed by atoms with Crippen molar-refractivity contribution in [1.82, 2.24) is 9.97 Å². The third-order valence-corrected chi connectivity index (χ3v) is 5.33. The van der Waals surface area contributed by atoms with Crippen molar-refractivity contribution in [2.45, 2.75) is 6.92 Å². The maximum absolute atomic E-state index is 12.6. The normalized spacial score (nSPS) is 11.3. The van der Waals surface area contributed by atoms with Crippen molar-refractivity contribution in [3.63, 3.8) is 0 Å². The number of nitrogens with one attached hydrogen (secondary N) is 1. The first-order valence-corrected chi connectivity index (χ1v) is 9.85. The molecule has 0 aliphatic carbocycles. The quantitative estimate of drug-likeness (QED) is 0.395. The van der Waals surface area contributed by atoms with Crippen LogP contribution >= 0.6 is 0 Å². The number of hydrogen-bond donors (Lipinski definition) is 1. The smallest absolute Gasteiger partial charge is 0.356 e. The van der Waals surface area contributed by atoms with Gasteiger partial charge in [0.1, 0.15) is 11.4 Å². The van der Waals surface area contributed by atoms with E-state index >= 15 is 0 Å². The van der Waals surface area contributed by atoms with Crippen molar-refractivity contribution in [2.75, 3.05) is 13.7 Å². The molecule has 2 aromatic heterocycles. The Labute approximate surface area is 173 Å². The lowest BCUT2D eigenvalue weighted by atomic mass is 10.00. The van der Waals surface area contributed by atoms with E-state index in [4.69, 9.17) is 14.5 Å². The number of benzene rings is 3. The molecule has 3 aromatic carbocycles. The fraction of sp³-hybridized carbons (Fsp3) is 0.120. The van der Waals surface area contributed by atoms with Crippen LogP contribution in [0.4, 0.5) is 0 Å². The van der Waals surface area contributed by atoms with Gasteiger partial charge in [-0.1, -0.05) is 42.5 Å². The number of aromatic nitrogens is 2. The summed E-state index contributed by atoms with van der Waals surface area (Å²) in [5.41, 5.74) is 3.80. The van der Waals surface area contributed by atoms with Crippen LogP contribution in [0.2, 0.25) is 0 Å². The summed E-state index contributed by atoms with van der Waals surface area (Å²) in [5, 5.41) is 4.07. The summed E-state index contributed by atoms with van der Waals surface area (Å²) in [4.78, 5) is 20.8. The number of rotatable bonds is 4. The van der Waals surface area contributed by atoms with Crippen molar-refractivity contribution in [3.05, 3.63) is 72.4 Å². The Kier molecular flexibility index (Phi) is 4.36. The van der Waals surface area contributed by atoms with Crippen molar-refractivity contribution in [3.8, 4) is 17.0 Å². The van der Waals surface area contributed by atoms with Gasteiger partial charge in [0.15, 0.2) is 0 Å². The fourth-order valence-electron chi connectivity index (χ4n) is 3.94. The molecule has 0 atom stereocenters. The number of fused-ring (bicyclic) bond motifs is 4. The molecule has 5 nitrogen and oxygen atoms in total. The molecule has 0 radical (unpaired) electrons. The minimum Gasteiger partial charge on any atom is -0.497 e. The van der Waals surface area contributed by atoms with Crippen molar-refractivity contribution in [2.24, 2.45) is 0 Å². The highest BCUT2D eigenvalue weighted by molar-refractivity contribution is 6.15. The Hall–Kier alpha value is -3.86. The van der Waals surface area contributed by atoms with Gasteiger partial charge in [-0.3, -0.25) is 0 Å². The number of H-pyrrole nitrogens is 1. The average molecular weight is 396 g/mol. The van der Waals surface area contributed by atoms with E-state index in [0.717, 1.165) is 49.6 Å². The molecule has 148 valence electrons. The lowest BCUT2D eigenvalue weighted by Gasteiger charge is -2.10. The highest BCUT2D eigenvalue weighted by Crippen LogP contribution is 2.37. The summed E-state index contributed by atoms with van der Waals surface area (Å²) in [5.74, 6) is 0.322. The molecule has 0 spiro atoms. The second-order valence-corrected chi connectivity index (χ2v) is 7.06. The van der Waals surface area contributed by atoms with Crippen molar-refractivity contribution >= 4 is 38.5 Å². The van der Waals surface area contributed by atoms with E-state index in [1.807, 2.05) is 42.5 Å². The van der Waals surface area contributed by atoms with Crippen LogP contribution in [0.1, 0.15) is 17.4 Å². The molecule has 5 aromatic rings. The Morgan fingerprint density at radius 3 is 2.63 bits per heavy atom. The molecule has 5 heteroatoms. The van der Waals surface area contributed by atoms with E-state index in [-0.39, 0.29) is 5.69 Å². The van der Waals surface area contributed by atoms with Crippen molar-refractivity contribution in [1.29, 1.82) is 0 Å². The monoisotopic (exact) mass is 396 g/mol. The Balaban J connectivity index is 1.89. The van der Waals surface area contributed by atoms with Gasteiger partial charge in [-0.15, -0.1) is 0 Å².